The Morgan fingerprint density at radius 1 is 1.22 bits per heavy atom. The first-order chi connectivity index (χ1) is 8.54. The van der Waals surface area contributed by atoms with E-state index in [1.807, 2.05) is 0 Å². The van der Waals surface area contributed by atoms with Crippen molar-refractivity contribution in [3.8, 4) is 0 Å². The third-order valence-electron chi connectivity index (χ3n) is 3.81. The lowest BCUT2D eigenvalue weighted by Gasteiger charge is -2.29. The van der Waals surface area contributed by atoms with Gasteiger partial charge in [0.2, 0.25) is 10.0 Å². The zero-order valence-electron chi connectivity index (χ0n) is 10.4. The molecule has 2 saturated carbocycles. The van der Waals surface area contributed by atoms with Gasteiger partial charge in [0.15, 0.2) is 5.84 Å². The largest absolute Gasteiger partial charge is 0.409 e. The Labute approximate surface area is 108 Å². The minimum Gasteiger partial charge on any atom is -0.409 e. The van der Waals surface area contributed by atoms with E-state index in [-0.39, 0.29) is 17.0 Å². The highest BCUT2D eigenvalue weighted by atomic mass is 32.2. The molecule has 0 heterocycles. The summed E-state index contributed by atoms with van der Waals surface area (Å²) in [6.45, 7) is 0. The number of rotatable bonds is 5. The van der Waals surface area contributed by atoms with Crippen molar-refractivity contribution in [3.63, 3.8) is 0 Å². The summed E-state index contributed by atoms with van der Waals surface area (Å²) < 4.78 is 26.6. The van der Waals surface area contributed by atoms with Gasteiger partial charge in [-0.25, -0.2) is 13.1 Å². The van der Waals surface area contributed by atoms with Crippen molar-refractivity contribution in [3.05, 3.63) is 0 Å². The third kappa shape index (κ3) is 3.14. The fourth-order valence-corrected chi connectivity index (χ4v) is 4.20. The van der Waals surface area contributed by atoms with Crippen LogP contribution in [0.2, 0.25) is 0 Å². The predicted octanol–water partition coefficient (Wildman–Crippen LogP) is 0.763. The van der Waals surface area contributed by atoms with E-state index in [0.717, 1.165) is 25.7 Å². The maximum absolute atomic E-state index is 12.0. The Hall–Kier alpha value is -0.820. The van der Waals surface area contributed by atoms with E-state index in [9.17, 15) is 8.42 Å². The van der Waals surface area contributed by atoms with Gasteiger partial charge in [-0.1, -0.05) is 24.4 Å². The van der Waals surface area contributed by atoms with E-state index in [1.165, 1.54) is 6.42 Å². The number of sulfonamides is 1. The van der Waals surface area contributed by atoms with Crippen LogP contribution in [0.4, 0.5) is 0 Å². The molecular weight excluding hydrogens is 254 g/mol. The van der Waals surface area contributed by atoms with Gasteiger partial charge in [-0.3, -0.25) is 0 Å². The molecule has 0 radical (unpaired) electrons. The molecule has 2 fully saturated rings. The van der Waals surface area contributed by atoms with Crippen LogP contribution in [0.5, 0.6) is 0 Å². The molecule has 0 spiro atoms. The molecular formula is C11H21N3O3S. The Kier molecular flexibility index (Phi) is 4.11. The van der Waals surface area contributed by atoms with Crippen LogP contribution in [0, 0.1) is 5.92 Å². The van der Waals surface area contributed by atoms with Crippen molar-refractivity contribution in [1.82, 2.24) is 4.72 Å². The molecule has 7 heteroatoms. The summed E-state index contributed by atoms with van der Waals surface area (Å²) >= 11 is 0. The van der Waals surface area contributed by atoms with Gasteiger partial charge in [0.1, 0.15) is 0 Å². The highest BCUT2D eigenvalue weighted by molar-refractivity contribution is 7.90. The normalized spacial score (nSPS) is 25.0. The molecule has 104 valence electrons. The number of oxime groups is 1. The van der Waals surface area contributed by atoms with Crippen molar-refractivity contribution in [2.24, 2.45) is 16.8 Å². The minimum absolute atomic E-state index is 0.0221. The smallest absolute Gasteiger partial charge is 0.215 e. The Morgan fingerprint density at radius 3 is 2.33 bits per heavy atom. The molecule has 2 rings (SSSR count). The minimum atomic E-state index is -3.31. The van der Waals surface area contributed by atoms with E-state index in [4.69, 9.17) is 10.9 Å². The molecule has 2 aliphatic rings. The lowest BCUT2D eigenvalue weighted by atomic mass is 9.84. The maximum Gasteiger partial charge on any atom is 0.215 e. The van der Waals surface area contributed by atoms with Crippen molar-refractivity contribution in [1.29, 1.82) is 0 Å². The van der Waals surface area contributed by atoms with Crippen LogP contribution in [0.1, 0.15) is 44.9 Å². The average molecular weight is 275 g/mol. The second-order valence-electron chi connectivity index (χ2n) is 5.26. The van der Waals surface area contributed by atoms with Crippen LogP contribution in [0.25, 0.3) is 0 Å². The number of amidine groups is 1. The first kappa shape index (κ1) is 13.6. The number of hydrogen-bond acceptors (Lipinski definition) is 4. The van der Waals surface area contributed by atoms with E-state index < -0.39 is 16.1 Å². The topological polar surface area (TPSA) is 105 Å². The lowest BCUT2D eigenvalue weighted by Crippen LogP contribution is -2.50. The Balaban J connectivity index is 2.09. The number of nitrogens with zero attached hydrogens (tertiary/aromatic N) is 1. The fraction of sp³-hybridized carbons (Fsp3) is 0.909. The fourth-order valence-electron chi connectivity index (χ4n) is 2.58. The van der Waals surface area contributed by atoms with Crippen LogP contribution in [0.15, 0.2) is 5.16 Å². The summed E-state index contributed by atoms with van der Waals surface area (Å²) in [4.78, 5) is 0. The molecule has 0 saturated heterocycles. The van der Waals surface area contributed by atoms with Gasteiger partial charge < -0.3 is 10.9 Å². The quantitative estimate of drug-likeness (QED) is 0.298. The third-order valence-corrected chi connectivity index (χ3v) is 5.74. The first-order valence-corrected chi connectivity index (χ1v) is 8.08. The molecule has 0 aromatic carbocycles. The summed E-state index contributed by atoms with van der Waals surface area (Å²) in [6, 6.07) is -0.555. The van der Waals surface area contributed by atoms with Crippen LogP contribution in [-0.4, -0.2) is 30.8 Å². The molecule has 2 aliphatic carbocycles. The molecule has 0 amide bonds. The van der Waals surface area contributed by atoms with Crippen molar-refractivity contribution < 1.29 is 13.6 Å². The zero-order valence-corrected chi connectivity index (χ0v) is 11.2. The molecule has 6 nitrogen and oxygen atoms in total. The van der Waals surface area contributed by atoms with Crippen LogP contribution in [-0.2, 0) is 10.0 Å². The first-order valence-electron chi connectivity index (χ1n) is 6.53. The standard InChI is InChI=1S/C11H21N3O3S/c12-11(13-15)10(8-4-2-1-3-5-8)14-18(16,17)9-6-7-9/h8-10,14-15H,1-7H2,(H2,12,13). The molecule has 1 atom stereocenters. The van der Waals surface area contributed by atoms with Gasteiger partial charge in [0.25, 0.3) is 0 Å². The molecule has 4 N–H and O–H groups in total. The number of hydrogen-bond donors (Lipinski definition) is 3. The zero-order chi connectivity index (χ0) is 13.2. The average Bonchev–Trinajstić information content (AvgIpc) is 3.21. The molecule has 0 aromatic heterocycles. The number of nitrogens with two attached hydrogens (primary N) is 1. The van der Waals surface area contributed by atoms with Crippen molar-refractivity contribution >= 4 is 15.9 Å². The van der Waals surface area contributed by atoms with Gasteiger partial charge in [-0.15, -0.1) is 0 Å². The SMILES string of the molecule is NC(=NO)C(NS(=O)(=O)C1CC1)C1CCCCC1. The Bertz CT molecular complexity index is 411. The predicted molar refractivity (Wildman–Crippen MR) is 68.8 cm³/mol. The highest BCUT2D eigenvalue weighted by Crippen LogP contribution is 2.31. The molecule has 1 unspecified atom stereocenters. The second-order valence-corrected chi connectivity index (χ2v) is 7.26. The highest BCUT2D eigenvalue weighted by Gasteiger charge is 2.39. The maximum atomic E-state index is 12.0. The van der Waals surface area contributed by atoms with Gasteiger partial charge in [-0.05, 0) is 31.6 Å². The molecule has 0 bridgehead atoms. The monoisotopic (exact) mass is 275 g/mol. The van der Waals surface area contributed by atoms with E-state index in [0.29, 0.717) is 12.8 Å². The van der Waals surface area contributed by atoms with Gasteiger partial charge in [0.05, 0.1) is 11.3 Å². The molecule has 0 aliphatic heterocycles. The van der Waals surface area contributed by atoms with Crippen LogP contribution < -0.4 is 10.5 Å². The summed E-state index contributed by atoms with van der Waals surface area (Å²) in [7, 11) is -3.31. The van der Waals surface area contributed by atoms with E-state index in [2.05, 4.69) is 9.88 Å². The molecule has 0 aromatic rings. The van der Waals surface area contributed by atoms with E-state index >= 15 is 0 Å². The number of nitrogens with one attached hydrogen (secondary N) is 1. The van der Waals surface area contributed by atoms with Crippen molar-refractivity contribution in [2.75, 3.05) is 0 Å². The van der Waals surface area contributed by atoms with E-state index in [1.54, 1.807) is 0 Å². The molecule has 18 heavy (non-hydrogen) atoms. The second kappa shape index (κ2) is 5.44. The summed E-state index contributed by atoms with van der Waals surface area (Å²) in [5, 5.41) is 11.5. The summed E-state index contributed by atoms with van der Waals surface area (Å²) in [5.74, 6) is 0.120. The van der Waals surface area contributed by atoms with Gasteiger partial charge in [0, 0.05) is 0 Å². The van der Waals surface area contributed by atoms with Crippen LogP contribution in [0.3, 0.4) is 0 Å². The van der Waals surface area contributed by atoms with Crippen LogP contribution >= 0.6 is 0 Å². The summed E-state index contributed by atoms with van der Waals surface area (Å²) in [5.41, 5.74) is 5.65. The Morgan fingerprint density at radius 2 is 1.83 bits per heavy atom. The van der Waals surface area contributed by atoms with Gasteiger partial charge >= 0.3 is 0 Å². The lowest BCUT2D eigenvalue weighted by molar-refractivity contribution is 0.297. The van der Waals surface area contributed by atoms with Gasteiger partial charge in [-0.2, -0.15) is 0 Å². The summed E-state index contributed by atoms with van der Waals surface area (Å²) in [6.07, 6.45) is 6.60. The van der Waals surface area contributed by atoms with Crippen molar-refractivity contribution in [2.45, 2.75) is 56.2 Å².